The van der Waals surface area contributed by atoms with E-state index in [1.807, 2.05) is 0 Å². The number of halogens is 3. The Balaban J connectivity index is 1.45. The number of carboxylic acids is 1. The largest absolute Gasteiger partial charge is 0.491 e. The van der Waals surface area contributed by atoms with Gasteiger partial charge in [-0.2, -0.15) is 18.2 Å². The molecule has 0 bridgehead atoms. The molecule has 0 amide bonds. The zero-order valence-electron chi connectivity index (χ0n) is 18.2. The van der Waals surface area contributed by atoms with Gasteiger partial charge in [0, 0.05) is 16.7 Å². The third kappa shape index (κ3) is 4.41. The van der Waals surface area contributed by atoms with Crippen LogP contribution in [-0.4, -0.2) is 50.7 Å². The van der Waals surface area contributed by atoms with Gasteiger partial charge in [-0.3, -0.25) is 10.1 Å². The van der Waals surface area contributed by atoms with Crippen molar-refractivity contribution in [3.05, 3.63) is 59.7 Å². The van der Waals surface area contributed by atoms with Gasteiger partial charge < -0.3 is 24.0 Å². The second kappa shape index (κ2) is 9.09. The van der Waals surface area contributed by atoms with Gasteiger partial charge in [-0.25, -0.2) is 0 Å². The molecular formula is C23H17F3N4O6. The maximum absolute atomic E-state index is 13.9. The van der Waals surface area contributed by atoms with Gasteiger partial charge >= 0.3 is 12.1 Å². The molecule has 2 atom stereocenters. The van der Waals surface area contributed by atoms with Gasteiger partial charge in [0.2, 0.25) is 11.6 Å². The summed E-state index contributed by atoms with van der Waals surface area (Å²) in [4.78, 5) is 14.8. The molecule has 3 N–H and O–H groups in total. The number of aliphatic hydroxyl groups is 1. The van der Waals surface area contributed by atoms with Crippen LogP contribution in [0.5, 0.6) is 5.75 Å². The van der Waals surface area contributed by atoms with Gasteiger partial charge in [0.25, 0.3) is 5.89 Å². The molecule has 2 unspecified atom stereocenters. The van der Waals surface area contributed by atoms with Gasteiger partial charge in [0.05, 0.1) is 12.6 Å². The Kier molecular flexibility index (Phi) is 5.94. The maximum atomic E-state index is 13.9. The Labute approximate surface area is 200 Å². The number of fused-ring (bicyclic) bond motifs is 1. The number of hydrogen-bond donors (Lipinski definition) is 3. The minimum absolute atomic E-state index is 0.00232. The molecule has 0 radical (unpaired) electrons. The fraction of sp³-hybridized carbons (Fsp3) is 0.217. The summed E-state index contributed by atoms with van der Waals surface area (Å²) in [6, 6.07) is 11.7. The van der Waals surface area contributed by atoms with Crippen molar-refractivity contribution in [2.45, 2.75) is 18.3 Å². The van der Waals surface area contributed by atoms with Crippen LogP contribution >= 0.6 is 0 Å². The number of carbonyl (C=O) groups is 1. The number of ether oxygens (including phenoxy) is 1. The lowest BCUT2D eigenvalue weighted by molar-refractivity contribution is -0.137. The van der Waals surface area contributed by atoms with Crippen molar-refractivity contribution < 1.29 is 42.0 Å². The third-order valence-electron chi connectivity index (χ3n) is 5.55. The lowest BCUT2D eigenvalue weighted by Gasteiger charge is -2.30. The minimum Gasteiger partial charge on any atom is -0.491 e. The average molecular weight is 502 g/mol. The molecule has 1 aliphatic rings. The van der Waals surface area contributed by atoms with E-state index in [-0.39, 0.29) is 24.5 Å². The zero-order chi connectivity index (χ0) is 25.4. The molecule has 186 valence electrons. The number of aliphatic hydroxyl groups excluding tert-OH is 1. The summed E-state index contributed by atoms with van der Waals surface area (Å²) in [5, 5.41) is 29.4. The zero-order valence-corrected chi connectivity index (χ0v) is 18.2. The molecule has 3 heterocycles. The van der Waals surface area contributed by atoms with Crippen LogP contribution < -0.4 is 10.1 Å². The first-order chi connectivity index (χ1) is 17.2. The van der Waals surface area contributed by atoms with E-state index in [0.717, 1.165) is 0 Å². The monoisotopic (exact) mass is 502 g/mol. The lowest BCUT2D eigenvalue weighted by atomic mass is 9.97. The highest BCUT2D eigenvalue weighted by atomic mass is 19.4. The van der Waals surface area contributed by atoms with E-state index in [4.69, 9.17) is 18.9 Å². The molecule has 5 rings (SSSR count). The summed E-state index contributed by atoms with van der Waals surface area (Å²) in [7, 11) is 0. The van der Waals surface area contributed by atoms with Crippen LogP contribution in [0.2, 0.25) is 0 Å². The van der Waals surface area contributed by atoms with Crippen molar-refractivity contribution in [1.82, 2.24) is 20.6 Å². The second-order valence-corrected chi connectivity index (χ2v) is 7.91. The number of nitrogens with one attached hydrogen (secondary N) is 1. The van der Waals surface area contributed by atoms with Gasteiger partial charge in [-0.05, 0) is 6.07 Å². The molecule has 2 aromatic carbocycles. The van der Waals surface area contributed by atoms with Crippen LogP contribution in [0.25, 0.3) is 34.3 Å². The Morgan fingerprint density at radius 2 is 1.86 bits per heavy atom. The highest BCUT2D eigenvalue weighted by Gasteiger charge is 2.43. The summed E-state index contributed by atoms with van der Waals surface area (Å²) in [6.07, 6.45) is -5.85. The van der Waals surface area contributed by atoms with Crippen LogP contribution in [-0.2, 0) is 11.0 Å². The number of hydrogen-bond acceptors (Lipinski definition) is 9. The van der Waals surface area contributed by atoms with Crippen molar-refractivity contribution in [2.24, 2.45) is 0 Å². The molecule has 0 saturated heterocycles. The molecule has 1 aliphatic heterocycles. The first-order valence-electron chi connectivity index (χ1n) is 10.6. The number of benzene rings is 2. The quantitative estimate of drug-likeness (QED) is 0.358. The SMILES string of the molecule is O=C(O)CNC1COc2cc(-c3noc(-c4onc(-c5ccccc5)c4C(F)(F)F)n3)ccc2C1O. The maximum Gasteiger partial charge on any atom is 0.422 e. The molecule has 2 aromatic heterocycles. The van der Waals surface area contributed by atoms with Crippen LogP contribution in [0.1, 0.15) is 17.2 Å². The molecule has 36 heavy (non-hydrogen) atoms. The van der Waals surface area contributed by atoms with Crippen LogP contribution in [0.3, 0.4) is 0 Å². The first kappa shape index (κ1) is 23.5. The number of aromatic nitrogens is 3. The van der Waals surface area contributed by atoms with Crippen LogP contribution in [0.4, 0.5) is 13.2 Å². The van der Waals surface area contributed by atoms with Gasteiger partial charge in [0.1, 0.15) is 29.7 Å². The highest BCUT2D eigenvalue weighted by molar-refractivity contribution is 5.71. The number of rotatable bonds is 6. The summed E-state index contributed by atoms with van der Waals surface area (Å²) < 4.78 is 57.5. The van der Waals surface area contributed by atoms with Crippen molar-refractivity contribution in [3.63, 3.8) is 0 Å². The van der Waals surface area contributed by atoms with E-state index < -0.39 is 47.2 Å². The van der Waals surface area contributed by atoms with E-state index in [1.54, 1.807) is 18.2 Å². The van der Waals surface area contributed by atoms with Crippen LogP contribution in [0.15, 0.2) is 57.6 Å². The standard InChI is InChI=1S/C23H17F3N4O6/c24-23(25,26)17-18(11-4-2-1-3-5-11)29-35-20(17)22-28-21(30-36-22)12-6-7-13-15(8-12)34-10-14(19(13)33)27-9-16(31)32/h1-8,14,19,27,33H,9-10H2,(H,31,32). The molecule has 4 aromatic rings. The highest BCUT2D eigenvalue weighted by Crippen LogP contribution is 2.43. The van der Waals surface area contributed by atoms with E-state index >= 15 is 0 Å². The predicted molar refractivity (Wildman–Crippen MR) is 116 cm³/mol. The normalized spacial score (nSPS) is 17.4. The molecule has 10 nitrogen and oxygen atoms in total. The average Bonchev–Trinajstić information content (AvgIpc) is 3.51. The van der Waals surface area contributed by atoms with Crippen molar-refractivity contribution in [2.75, 3.05) is 13.2 Å². The van der Waals surface area contributed by atoms with Gasteiger partial charge in [-0.1, -0.05) is 52.8 Å². The molecule has 0 spiro atoms. The Morgan fingerprint density at radius 3 is 2.58 bits per heavy atom. The van der Waals surface area contributed by atoms with E-state index in [2.05, 4.69) is 20.6 Å². The summed E-state index contributed by atoms with van der Waals surface area (Å²) in [5.41, 5.74) is -0.579. The van der Waals surface area contributed by atoms with Crippen molar-refractivity contribution in [3.8, 4) is 40.0 Å². The van der Waals surface area contributed by atoms with E-state index in [9.17, 15) is 23.1 Å². The molecule has 0 saturated carbocycles. The van der Waals surface area contributed by atoms with Crippen LogP contribution in [0, 0.1) is 0 Å². The number of aliphatic carboxylic acids is 1. The first-order valence-corrected chi connectivity index (χ1v) is 10.6. The van der Waals surface area contributed by atoms with Crippen molar-refractivity contribution in [1.29, 1.82) is 0 Å². The molecule has 0 fully saturated rings. The smallest absolute Gasteiger partial charge is 0.422 e. The number of carboxylic acid groups (broad SMARTS) is 1. The fourth-order valence-electron chi connectivity index (χ4n) is 3.84. The Hall–Kier alpha value is -4.23. The minimum atomic E-state index is -4.81. The topological polar surface area (TPSA) is 144 Å². The number of alkyl halides is 3. The van der Waals surface area contributed by atoms with Crippen molar-refractivity contribution >= 4 is 5.97 Å². The molecule has 0 aliphatic carbocycles. The predicted octanol–water partition coefficient (Wildman–Crippen LogP) is 3.55. The van der Waals surface area contributed by atoms with Gasteiger partial charge in [0.15, 0.2) is 0 Å². The summed E-state index contributed by atoms with van der Waals surface area (Å²) in [5.74, 6) is -2.04. The lowest BCUT2D eigenvalue weighted by Crippen LogP contribution is -2.44. The molecular weight excluding hydrogens is 485 g/mol. The van der Waals surface area contributed by atoms with Gasteiger partial charge in [-0.15, -0.1) is 0 Å². The van der Waals surface area contributed by atoms with E-state index in [0.29, 0.717) is 16.9 Å². The molecule has 13 heteroatoms. The summed E-state index contributed by atoms with van der Waals surface area (Å²) in [6.45, 7) is -0.352. The fourth-order valence-corrected chi connectivity index (χ4v) is 3.84. The third-order valence-corrected chi connectivity index (χ3v) is 5.55. The Bertz CT molecular complexity index is 1400. The number of nitrogens with zero attached hydrogens (tertiary/aromatic N) is 3. The summed E-state index contributed by atoms with van der Waals surface area (Å²) >= 11 is 0. The second-order valence-electron chi connectivity index (χ2n) is 7.91. The Morgan fingerprint density at radius 1 is 1.08 bits per heavy atom. The van der Waals surface area contributed by atoms with E-state index in [1.165, 1.54) is 30.3 Å².